The van der Waals surface area contributed by atoms with Crippen LogP contribution in [0.25, 0.3) is 11.1 Å². The lowest BCUT2D eigenvalue weighted by Gasteiger charge is -2.35. The first kappa shape index (κ1) is 21.1. The smallest absolute Gasteiger partial charge is 0.413 e. The minimum absolute atomic E-state index is 0.0890. The van der Waals surface area contributed by atoms with Crippen molar-refractivity contribution in [3.05, 3.63) is 35.8 Å². The minimum Gasteiger partial charge on any atom is -0.482 e. The summed E-state index contributed by atoms with van der Waals surface area (Å²) in [6.07, 6.45) is 2.11. The van der Waals surface area contributed by atoms with Crippen LogP contribution >= 0.6 is 0 Å². The van der Waals surface area contributed by atoms with E-state index in [4.69, 9.17) is 9.47 Å². The summed E-state index contributed by atoms with van der Waals surface area (Å²) in [6, 6.07) is 4.68. The van der Waals surface area contributed by atoms with E-state index in [1.165, 1.54) is 11.0 Å². The molecule has 1 saturated heterocycles. The highest BCUT2D eigenvalue weighted by Gasteiger charge is 2.35. The topological polar surface area (TPSA) is 80.8 Å². The monoisotopic (exact) mass is 427 g/mol. The van der Waals surface area contributed by atoms with Gasteiger partial charge in [-0.1, -0.05) is 0 Å². The molecular weight excluding hydrogens is 401 g/mol. The van der Waals surface area contributed by atoms with Gasteiger partial charge in [0.2, 0.25) is 5.91 Å². The summed E-state index contributed by atoms with van der Waals surface area (Å²) >= 11 is 0. The van der Waals surface area contributed by atoms with Crippen molar-refractivity contribution in [1.29, 1.82) is 0 Å². The van der Waals surface area contributed by atoms with Crippen molar-refractivity contribution in [3.63, 3.8) is 0 Å². The number of amides is 2. The molecule has 3 heterocycles. The van der Waals surface area contributed by atoms with Crippen LogP contribution in [0.2, 0.25) is 0 Å². The van der Waals surface area contributed by atoms with Crippen molar-refractivity contribution >= 4 is 23.5 Å². The number of pyridine rings is 1. The van der Waals surface area contributed by atoms with E-state index >= 15 is 0 Å². The molecule has 0 atom stereocenters. The van der Waals surface area contributed by atoms with Crippen molar-refractivity contribution < 1.29 is 23.5 Å². The van der Waals surface area contributed by atoms with E-state index in [0.717, 1.165) is 5.56 Å². The highest BCUT2D eigenvalue weighted by Crippen LogP contribution is 2.47. The molecule has 0 bridgehead atoms. The highest BCUT2D eigenvalue weighted by molar-refractivity contribution is 5.96. The van der Waals surface area contributed by atoms with Crippen LogP contribution in [0.3, 0.4) is 0 Å². The number of carbonyl (C=O) groups excluding carboxylic acids is 2. The van der Waals surface area contributed by atoms with E-state index in [1.54, 1.807) is 39.1 Å². The summed E-state index contributed by atoms with van der Waals surface area (Å²) in [6.45, 7) is 9.60. The third-order valence-corrected chi connectivity index (χ3v) is 5.25. The predicted octanol–water partition coefficient (Wildman–Crippen LogP) is 4.99. The molecule has 0 aliphatic carbocycles. The van der Waals surface area contributed by atoms with Gasteiger partial charge in [-0.2, -0.15) is 0 Å². The van der Waals surface area contributed by atoms with Gasteiger partial charge in [-0.3, -0.25) is 10.1 Å². The fraction of sp³-hybridized carbons (Fsp3) is 0.435. The number of aromatic nitrogens is 1. The van der Waals surface area contributed by atoms with Crippen molar-refractivity contribution in [2.75, 3.05) is 16.8 Å². The highest BCUT2D eigenvalue weighted by atomic mass is 19.1. The van der Waals surface area contributed by atoms with Gasteiger partial charge in [0.05, 0.1) is 5.69 Å². The minimum atomic E-state index is -0.764. The lowest BCUT2D eigenvalue weighted by molar-refractivity contribution is -0.117. The number of rotatable bonds is 2. The lowest BCUT2D eigenvalue weighted by atomic mass is 9.87. The zero-order chi connectivity index (χ0) is 22.6. The Kier molecular flexibility index (Phi) is 4.91. The van der Waals surface area contributed by atoms with Crippen molar-refractivity contribution in [2.24, 2.45) is 0 Å². The number of hydrogen-bond acceptors (Lipinski definition) is 5. The average molecular weight is 427 g/mol. The number of benzene rings is 1. The molecule has 2 aliphatic heterocycles. The molecule has 1 aromatic heterocycles. The van der Waals surface area contributed by atoms with E-state index in [2.05, 4.69) is 10.3 Å². The molecule has 164 valence electrons. The SMILES string of the molecule is CC(C)(C)OC(=O)Nc1cc2c(cn1)-c1cc(F)c(N3CCCC3=O)cc1OC2(C)C. The summed E-state index contributed by atoms with van der Waals surface area (Å²) in [7, 11) is 0. The van der Waals surface area contributed by atoms with Crippen molar-refractivity contribution in [2.45, 2.75) is 58.7 Å². The molecule has 0 saturated carbocycles. The van der Waals surface area contributed by atoms with Crippen LogP contribution in [-0.4, -0.2) is 29.1 Å². The predicted molar refractivity (Wildman–Crippen MR) is 115 cm³/mol. The molecule has 2 amide bonds. The Morgan fingerprint density at radius 2 is 2.00 bits per heavy atom. The van der Waals surface area contributed by atoms with E-state index in [-0.39, 0.29) is 11.6 Å². The van der Waals surface area contributed by atoms with Crippen LogP contribution < -0.4 is 15.0 Å². The normalized spacial score (nSPS) is 17.0. The van der Waals surface area contributed by atoms with Gasteiger partial charge in [-0.15, -0.1) is 0 Å². The van der Waals surface area contributed by atoms with Gasteiger partial charge >= 0.3 is 6.09 Å². The maximum atomic E-state index is 15.0. The number of halogens is 1. The van der Waals surface area contributed by atoms with Gasteiger partial charge in [-0.25, -0.2) is 14.2 Å². The van der Waals surface area contributed by atoms with E-state index in [0.29, 0.717) is 42.1 Å². The summed E-state index contributed by atoms with van der Waals surface area (Å²) in [5, 5.41) is 2.63. The Balaban J connectivity index is 1.71. The number of fused-ring (bicyclic) bond motifs is 3. The molecule has 0 unspecified atom stereocenters. The number of carbonyl (C=O) groups is 2. The second-order valence-electron chi connectivity index (χ2n) is 9.30. The summed E-state index contributed by atoms with van der Waals surface area (Å²) in [4.78, 5) is 30.0. The quantitative estimate of drug-likeness (QED) is 0.730. The fourth-order valence-corrected chi connectivity index (χ4v) is 3.92. The second-order valence-corrected chi connectivity index (χ2v) is 9.30. The standard InChI is InChI=1S/C23H26FN3O4/c1-22(2,3)31-21(29)26-19-10-15-14(12-25-19)13-9-16(24)17(27-8-6-7-20(27)28)11-18(13)30-23(15,4)5/h9-12H,6-8H2,1-5H3,(H,25,26,29). The summed E-state index contributed by atoms with van der Waals surface area (Å²) < 4.78 is 26.4. The Morgan fingerprint density at radius 1 is 1.26 bits per heavy atom. The molecule has 4 rings (SSSR count). The molecule has 1 aromatic carbocycles. The van der Waals surface area contributed by atoms with Gasteiger partial charge in [0.15, 0.2) is 0 Å². The van der Waals surface area contributed by atoms with Gasteiger partial charge in [0.1, 0.15) is 28.6 Å². The van der Waals surface area contributed by atoms with Crippen molar-refractivity contribution in [3.8, 4) is 16.9 Å². The number of nitrogens with zero attached hydrogens (tertiary/aromatic N) is 2. The first-order chi connectivity index (χ1) is 14.4. The Morgan fingerprint density at radius 3 is 2.65 bits per heavy atom. The first-order valence-electron chi connectivity index (χ1n) is 10.3. The number of ether oxygens (including phenoxy) is 2. The molecule has 0 spiro atoms. The summed E-state index contributed by atoms with van der Waals surface area (Å²) in [5.74, 6) is 0.226. The maximum absolute atomic E-state index is 15.0. The Bertz CT molecular complexity index is 1080. The lowest BCUT2D eigenvalue weighted by Crippen LogP contribution is -2.31. The molecular formula is C23H26FN3O4. The van der Waals surface area contributed by atoms with Gasteiger partial charge < -0.3 is 14.4 Å². The number of anilines is 2. The second kappa shape index (κ2) is 7.21. The van der Waals surface area contributed by atoms with Gasteiger partial charge in [0, 0.05) is 41.9 Å². The zero-order valence-corrected chi connectivity index (χ0v) is 18.3. The molecule has 2 aromatic rings. The van der Waals surface area contributed by atoms with Gasteiger partial charge in [0.25, 0.3) is 0 Å². The third-order valence-electron chi connectivity index (χ3n) is 5.25. The molecule has 1 N–H and O–H groups in total. The van der Waals surface area contributed by atoms with Crippen LogP contribution in [0, 0.1) is 5.82 Å². The Hall–Kier alpha value is -3.16. The van der Waals surface area contributed by atoms with Crippen LogP contribution in [0.15, 0.2) is 24.4 Å². The van der Waals surface area contributed by atoms with Crippen LogP contribution in [0.1, 0.15) is 53.0 Å². The zero-order valence-electron chi connectivity index (χ0n) is 18.3. The van der Waals surface area contributed by atoms with E-state index in [9.17, 15) is 14.0 Å². The fourth-order valence-electron chi connectivity index (χ4n) is 3.92. The Labute approximate surface area is 180 Å². The molecule has 0 radical (unpaired) electrons. The molecule has 7 nitrogen and oxygen atoms in total. The first-order valence-corrected chi connectivity index (χ1v) is 10.3. The van der Waals surface area contributed by atoms with Crippen LogP contribution in [-0.2, 0) is 15.1 Å². The molecule has 8 heteroatoms. The largest absolute Gasteiger partial charge is 0.482 e. The number of hydrogen-bond donors (Lipinski definition) is 1. The van der Waals surface area contributed by atoms with Crippen LogP contribution in [0.4, 0.5) is 20.7 Å². The molecule has 2 aliphatic rings. The number of nitrogens with one attached hydrogen (secondary N) is 1. The molecule has 1 fully saturated rings. The van der Waals surface area contributed by atoms with Crippen molar-refractivity contribution in [1.82, 2.24) is 4.98 Å². The van der Waals surface area contributed by atoms with E-state index in [1.807, 2.05) is 13.8 Å². The van der Waals surface area contributed by atoms with Gasteiger partial charge in [-0.05, 0) is 53.2 Å². The average Bonchev–Trinajstić information content (AvgIpc) is 3.06. The maximum Gasteiger partial charge on any atom is 0.413 e. The summed E-state index contributed by atoms with van der Waals surface area (Å²) in [5.41, 5.74) is 0.852. The molecule has 31 heavy (non-hydrogen) atoms. The van der Waals surface area contributed by atoms with Crippen LogP contribution in [0.5, 0.6) is 5.75 Å². The third kappa shape index (κ3) is 4.06. The van der Waals surface area contributed by atoms with E-state index < -0.39 is 23.1 Å².